The Morgan fingerprint density at radius 1 is 0.955 bits per heavy atom. The number of rotatable bonds is 10. The van der Waals surface area contributed by atoms with Crippen molar-refractivity contribution in [2.75, 3.05) is 26.3 Å². The lowest BCUT2D eigenvalue weighted by Gasteiger charge is -2.44. The van der Waals surface area contributed by atoms with Crippen molar-refractivity contribution >= 4 is 52.2 Å². The third-order valence-electron chi connectivity index (χ3n) is 8.30. The van der Waals surface area contributed by atoms with E-state index in [-0.39, 0.29) is 29.9 Å². The molecule has 0 unspecified atom stereocenters. The normalized spacial score (nSPS) is 19.5. The van der Waals surface area contributed by atoms with Crippen molar-refractivity contribution in [1.29, 1.82) is 0 Å². The van der Waals surface area contributed by atoms with E-state index in [9.17, 15) is 9.59 Å². The number of hydrogen-bond donors (Lipinski definition) is 1. The van der Waals surface area contributed by atoms with Gasteiger partial charge in [0.1, 0.15) is 29.7 Å². The quantitative estimate of drug-likeness (QED) is 0.248. The molecule has 2 bridgehead atoms. The number of nitrogens with one attached hydrogen (secondary N) is 1. The minimum Gasteiger partial charge on any atom is -0.490 e. The fourth-order valence-corrected chi connectivity index (χ4v) is 6.58. The van der Waals surface area contributed by atoms with Crippen molar-refractivity contribution in [3.8, 4) is 11.5 Å². The van der Waals surface area contributed by atoms with E-state index in [4.69, 9.17) is 44.3 Å². The van der Waals surface area contributed by atoms with Gasteiger partial charge >= 0.3 is 0 Å². The lowest BCUT2D eigenvalue weighted by atomic mass is 9.82. The number of benzene rings is 3. The van der Waals surface area contributed by atoms with Gasteiger partial charge in [-0.15, -0.1) is 0 Å². The summed E-state index contributed by atoms with van der Waals surface area (Å²) in [5.41, 5.74) is 3.74. The van der Waals surface area contributed by atoms with Crippen LogP contribution in [0.1, 0.15) is 37.3 Å². The van der Waals surface area contributed by atoms with Crippen LogP contribution in [0.4, 0.5) is 0 Å². The summed E-state index contributed by atoms with van der Waals surface area (Å²) in [6.07, 6.45) is 2.61. The maximum Gasteiger partial charge on any atom is 0.252 e. The van der Waals surface area contributed by atoms with E-state index >= 15 is 0 Å². The molecule has 0 aromatic heterocycles. The maximum atomic E-state index is 14.5. The molecule has 1 saturated heterocycles. The molecule has 2 heterocycles. The Balaban J connectivity index is 1.23. The molecule has 1 saturated carbocycles. The first-order valence-corrected chi connectivity index (χ1v) is 16.0. The van der Waals surface area contributed by atoms with Crippen molar-refractivity contribution in [3.05, 3.63) is 98.5 Å². The van der Waals surface area contributed by atoms with Crippen LogP contribution in [0.5, 0.6) is 11.5 Å². The van der Waals surface area contributed by atoms with Crippen LogP contribution in [-0.2, 0) is 16.1 Å². The molecule has 230 valence electrons. The molecule has 10 heteroatoms. The Morgan fingerprint density at radius 3 is 2.43 bits per heavy atom. The molecule has 3 aromatic rings. The van der Waals surface area contributed by atoms with Gasteiger partial charge in [0.2, 0.25) is 5.91 Å². The third kappa shape index (κ3) is 7.02. The number of nitrogens with zero attached hydrogens (tertiary/aromatic N) is 2. The first kappa shape index (κ1) is 30.8. The Kier molecular flexibility index (Phi) is 9.38. The summed E-state index contributed by atoms with van der Waals surface area (Å²) in [5, 5.41) is 5.11. The largest absolute Gasteiger partial charge is 0.490 e. The van der Waals surface area contributed by atoms with Gasteiger partial charge in [-0.3, -0.25) is 9.59 Å². The van der Waals surface area contributed by atoms with Crippen LogP contribution in [0.15, 0.2) is 72.3 Å². The summed E-state index contributed by atoms with van der Waals surface area (Å²) in [6.45, 7) is 3.78. The smallest absolute Gasteiger partial charge is 0.252 e. The van der Waals surface area contributed by atoms with Crippen molar-refractivity contribution in [2.24, 2.45) is 0 Å². The molecule has 7 nitrogen and oxygen atoms in total. The second-order valence-electron chi connectivity index (χ2n) is 11.5. The van der Waals surface area contributed by atoms with Gasteiger partial charge in [-0.25, -0.2) is 0 Å². The first-order chi connectivity index (χ1) is 21.3. The van der Waals surface area contributed by atoms with Crippen molar-refractivity contribution < 1.29 is 19.1 Å². The monoisotopic (exact) mass is 653 g/mol. The molecule has 1 aliphatic carbocycles. The highest BCUT2D eigenvalue weighted by molar-refractivity contribution is 6.42. The highest BCUT2D eigenvalue weighted by Crippen LogP contribution is 2.38. The zero-order valence-corrected chi connectivity index (χ0v) is 26.7. The first-order valence-electron chi connectivity index (χ1n) is 14.9. The topological polar surface area (TPSA) is 71.1 Å². The molecule has 44 heavy (non-hydrogen) atoms. The number of halogens is 3. The van der Waals surface area contributed by atoms with E-state index in [0.29, 0.717) is 65.8 Å². The molecule has 1 N–H and O–H groups in total. The van der Waals surface area contributed by atoms with Gasteiger partial charge in [0.05, 0.1) is 11.1 Å². The van der Waals surface area contributed by atoms with Gasteiger partial charge < -0.3 is 24.6 Å². The second-order valence-corrected chi connectivity index (χ2v) is 12.7. The number of ether oxygens (including phenoxy) is 2. The van der Waals surface area contributed by atoms with E-state index in [1.807, 2.05) is 58.3 Å². The second kappa shape index (κ2) is 13.4. The number of carbonyl (C=O) groups excluding carboxylic acids is 2. The molecule has 3 aliphatic rings. The van der Waals surface area contributed by atoms with Crippen LogP contribution in [-0.4, -0.2) is 66.0 Å². The van der Waals surface area contributed by atoms with Gasteiger partial charge in [-0.2, -0.15) is 0 Å². The summed E-state index contributed by atoms with van der Waals surface area (Å²) >= 11 is 18.5. The minimum absolute atomic E-state index is 0.0148. The fourth-order valence-electron chi connectivity index (χ4n) is 6.02. The Morgan fingerprint density at radius 2 is 1.70 bits per heavy atom. The summed E-state index contributed by atoms with van der Waals surface area (Å²) in [6, 6.07) is 20.8. The standard InChI is InChI=1S/C34H34Cl3N3O4/c1-21(41)39-19-25-17-28(23-8-12-27(13-9-23)43-14-15-44-31-7-3-6-29(36)33(31)37)32(30(20-39)38-25)34(42)40(26-10-11-26)18-22-4-2-5-24(35)16-22/h2-9,12-13,16,25-26,30,38H,10-11,14-15,17-20H2,1H3/t25-,30-/m1/s1. The highest BCUT2D eigenvalue weighted by atomic mass is 35.5. The molecular formula is C34H34Cl3N3O4. The molecular weight excluding hydrogens is 621 g/mol. The molecule has 2 atom stereocenters. The van der Waals surface area contributed by atoms with Gasteiger partial charge in [0.15, 0.2) is 0 Å². The molecule has 0 radical (unpaired) electrons. The minimum atomic E-state index is -0.249. The van der Waals surface area contributed by atoms with Crippen LogP contribution in [0.2, 0.25) is 15.1 Å². The zero-order valence-electron chi connectivity index (χ0n) is 24.4. The summed E-state index contributed by atoms with van der Waals surface area (Å²) < 4.78 is 11.7. The third-order valence-corrected chi connectivity index (χ3v) is 9.34. The number of hydrogen-bond acceptors (Lipinski definition) is 5. The van der Waals surface area contributed by atoms with Gasteiger partial charge in [0, 0.05) is 49.2 Å². The van der Waals surface area contributed by atoms with Crippen LogP contribution in [0.25, 0.3) is 5.57 Å². The highest BCUT2D eigenvalue weighted by Gasteiger charge is 2.43. The van der Waals surface area contributed by atoms with Crippen molar-refractivity contribution in [3.63, 3.8) is 0 Å². The van der Waals surface area contributed by atoms with Gasteiger partial charge in [-0.05, 0) is 72.4 Å². The zero-order chi connectivity index (χ0) is 30.8. The number of carbonyl (C=O) groups is 2. The van der Waals surface area contributed by atoms with E-state index in [1.54, 1.807) is 25.1 Å². The average molecular weight is 655 g/mol. The van der Waals surface area contributed by atoms with Crippen molar-refractivity contribution in [1.82, 2.24) is 15.1 Å². The van der Waals surface area contributed by atoms with E-state index in [1.165, 1.54) is 0 Å². The lowest BCUT2D eigenvalue weighted by molar-refractivity contribution is -0.132. The molecule has 0 spiro atoms. The van der Waals surface area contributed by atoms with Crippen LogP contribution >= 0.6 is 34.8 Å². The van der Waals surface area contributed by atoms with E-state index < -0.39 is 0 Å². The molecule has 6 rings (SSSR count). The summed E-state index contributed by atoms with van der Waals surface area (Å²) in [7, 11) is 0. The van der Waals surface area contributed by atoms with E-state index in [0.717, 1.165) is 35.1 Å². The summed E-state index contributed by atoms with van der Waals surface area (Å²) in [4.78, 5) is 30.7. The lowest BCUT2D eigenvalue weighted by Crippen LogP contribution is -2.61. The maximum absolute atomic E-state index is 14.5. The Bertz CT molecular complexity index is 1570. The predicted molar refractivity (Wildman–Crippen MR) is 173 cm³/mol. The molecule has 2 aliphatic heterocycles. The van der Waals surface area contributed by atoms with Crippen molar-refractivity contribution in [2.45, 2.75) is 50.9 Å². The predicted octanol–water partition coefficient (Wildman–Crippen LogP) is 6.64. The average Bonchev–Trinajstić information content (AvgIpc) is 3.85. The SMILES string of the molecule is CC(=O)N1C[C@H]2CC(c3ccc(OCCOc4cccc(Cl)c4Cl)cc3)=C(C(=O)N(Cc3cccc(Cl)c3)C3CC3)[C@@H](C1)N2. The molecule has 2 amide bonds. The fraction of sp³-hybridized carbons (Fsp3) is 0.353. The Hall–Kier alpha value is -3.23. The van der Waals surface area contributed by atoms with Crippen LogP contribution in [0, 0.1) is 0 Å². The van der Waals surface area contributed by atoms with Gasteiger partial charge in [-0.1, -0.05) is 65.1 Å². The number of piperazine rings is 1. The molecule has 2 fully saturated rings. The Labute approximate surface area is 272 Å². The van der Waals surface area contributed by atoms with Gasteiger partial charge in [0.25, 0.3) is 5.91 Å². The van der Waals surface area contributed by atoms with E-state index in [2.05, 4.69) is 5.32 Å². The van der Waals surface area contributed by atoms with Crippen LogP contribution in [0.3, 0.4) is 0 Å². The molecule has 3 aromatic carbocycles. The number of fused-ring (bicyclic) bond motifs is 2. The van der Waals surface area contributed by atoms with Crippen LogP contribution < -0.4 is 14.8 Å². The number of amides is 2. The summed E-state index contributed by atoms with van der Waals surface area (Å²) in [5.74, 6) is 1.25.